The zero-order valence-corrected chi connectivity index (χ0v) is 18.6. The quantitative estimate of drug-likeness (QED) is 0.453. The molecule has 0 N–H and O–H groups in total. The molecule has 0 radical (unpaired) electrons. The maximum atomic E-state index is 15.3. The normalized spacial score (nSPS) is 33.3. The van der Waals surface area contributed by atoms with E-state index in [1.165, 1.54) is 44.6 Å². The van der Waals surface area contributed by atoms with Crippen LogP contribution in [0.4, 0.5) is 13.2 Å². The third-order valence-electron chi connectivity index (χ3n) is 8.37. The fourth-order valence-corrected chi connectivity index (χ4v) is 6.78. The molecule has 1 aromatic rings. The Labute approximate surface area is 179 Å². The van der Waals surface area contributed by atoms with Gasteiger partial charge in [0.05, 0.1) is 12.2 Å². The van der Waals surface area contributed by atoms with Crippen molar-refractivity contribution in [1.29, 1.82) is 0 Å². The van der Waals surface area contributed by atoms with Gasteiger partial charge in [-0.3, -0.25) is 0 Å². The van der Waals surface area contributed by atoms with Crippen LogP contribution in [0.25, 0.3) is 0 Å². The Balaban J connectivity index is 1.38. The Hall–Kier alpha value is -1.19. The lowest BCUT2D eigenvalue weighted by atomic mass is 9.66. The first-order valence-corrected chi connectivity index (χ1v) is 12.3. The summed E-state index contributed by atoms with van der Waals surface area (Å²) in [6.45, 7) is 4.28. The van der Waals surface area contributed by atoms with E-state index in [9.17, 15) is 4.39 Å². The topological polar surface area (TPSA) is 9.23 Å². The third-order valence-corrected chi connectivity index (χ3v) is 8.37. The minimum Gasteiger partial charge on any atom is -0.491 e. The Kier molecular flexibility index (Phi) is 6.70. The van der Waals surface area contributed by atoms with E-state index >= 15 is 8.78 Å². The molecule has 0 heterocycles. The maximum Gasteiger partial charge on any atom is 0.279 e. The van der Waals surface area contributed by atoms with Crippen LogP contribution in [0.15, 0.2) is 12.1 Å². The molecule has 0 amide bonds. The summed E-state index contributed by atoms with van der Waals surface area (Å²) in [5, 5.41) is 0. The number of alkyl halides is 2. The molecule has 0 aliphatic heterocycles. The minimum absolute atomic E-state index is 0.00461. The van der Waals surface area contributed by atoms with Gasteiger partial charge in [-0.05, 0) is 87.2 Å². The average molecular weight is 423 g/mol. The molecule has 0 spiro atoms. The molecular weight excluding hydrogens is 385 g/mol. The van der Waals surface area contributed by atoms with Crippen molar-refractivity contribution in [1.82, 2.24) is 0 Å². The van der Waals surface area contributed by atoms with Gasteiger partial charge >= 0.3 is 0 Å². The molecule has 3 aliphatic carbocycles. The summed E-state index contributed by atoms with van der Waals surface area (Å²) in [7, 11) is 0. The monoisotopic (exact) mass is 422 g/mol. The van der Waals surface area contributed by atoms with E-state index in [-0.39, 0.29) is 18.3 Å². The molecular formula is C26H37F3O. The smallest absolute Gasteiger partial charge is 0.279 e. The molecule has 4 heteroatoms. The Morgan fingerprint density at radius 1 is 0.900 bits per heavy atom. The van der Waals surface area contributed by atoms with Crippen LogP contribution in [0.3, 0.4) is 0 Å². The molecule has 1 unspecified atom stereocenters. The van der Waals surface area contributed by atoms with Crippen LogP contribution < -0.4 is 4.74 Å². The van der Waals surface area contributed by atoms with E-state index in [0.717, 1.165) is 37.5 Å². The predicted octanol–water partition coefficient (Wildman–Crippen LogP) is 7.90. The molecule has 1 atom stereocenters. The highest BCUT2D eigenvalue weighted by atomic mass is 19.3. The van der Waals surface area contributed by atoms with Gasteiger partial charge in [-0.2, -0.15) is 0 Å². The number of fused-ring (bicyclic) bond motifs is 1. The van der Waals surface area contributed by atoms with Gasteiger partial charge in [0.1, 0.15) is 0 Å². The van der Waals surface area contributed by atoms with Crippen molar-refractivity contribution in [3.8, 4) is 5.75 Å². The molecule has 0 bridgehead atoms. The van der Waals surface area contributed by atoms with Crippen LogP contribution in [0, 0.1) is 35.4 Å². The first-order chi connectivity index (χ1) is 14.5. The molecule has 1 nitrogen and oxygen atoms in total. The first-order valence-electron chi connectivity index (χ1n) is 12.3. The summed E-state index contributed by atoms with van der Waals surface area (Å²) in [5.41, 5.74) is 0.0807. The third kappa shape index (κ3) is 4.12. The average Bonchev–Trinajstić information content (AvgIpc) is 3.02. The standard InChI is InChI=1S/C26H37F3O/c1-3-5-17-6-8-18(9-7-17)19-10-12-20(13-11-19)22-16-21-14-15-23(30-4-2)25(27)24(21)26(22,28)29/h14-15,17-20,22H,3-13,16H2,1-2H3. The van der Waals surface area contributed by atoms with Crippen molar-refractivity contribution >= 4 is 0 Å². The fraction of sp³-hybridized carbons (Fsp3) is 0.769. The van der Waals surface area contributed by atoms with Gasteiger partial charge in [-0.15, -0.1) is 0 Å². The molecule has 2 saturated carbocycles. The number of benzene rings is 1. The van der Waals surface area contributed by atoms with Gasteiger partial charge < -0.3 is 4.74 Å². The number of halogens is 3. The zero-order chi connectivity index (χ0) is 21.3. The zero-order valence-electron chi connectivity index (χ0n) is 18.6. The molecule has 3 aliphatic rings. The second-order valence-electron chi connectivity index (χ2n) is 10.0. The maximum absolute atomic E-state index is 15.3. The van der Waals surface area contributed by atoms with E-state index in [4.69, 9.17) is 4.74 Å². The summed E-state index contributed by atoms with van der Waals surface area (Å²) in [5.74, 6) is -2.33. The van der Waals surface area contributed by atoms with Gasteiger partial charge in [-0.1, -0.05) is 38.7 Å². The second-order valence-corrected chi connectivity index (χ2v) is 10.0. The molecule has 2 fully saturated rings. The van der Waals surface area contributed by atoms with Gasteiger partial charge in [0.15, 0.2) is 11.6 Å². The molecule has 1 aromatic carbocycles. The number of hydrogen-bond acceptors (Lipinski definition) is 1. The van der Waals surface area contributed by atoms with Crippen LogP contribution >= 0.6 is 0 Å². The highest BCUT2D eigenvalue weighted by Crippen LogP contribution is 2.55. The number of rotatable bonds is 6. The van der Waals surface area contributed by atoms with Crippen LogP contribution in [0.1, 0.15) is 89.2 Å². The van der Waals surface area contributed by atoms with Crippen molar-refractivity contribution < 1.29 is 17.9 Å². The van der Waals surface area contributed by atoms with Gasteiger partial charge in [-0.25, -0.2) is 13.2 Å². The molecule has 0 aromatic heterocycles. The Bertz CT molecular complexity index is 715. The van der Waals surface area contributed by atoms with Crippen LogP contribution in [0.2, 0.25) is 0 Å². The van der Waals surface area contributed by atoms with Crippen molar-refractivity contribution in [3.63, 3.8) is 0 Å². The van der Waals surface area contributed by atoms with Crippen molar-refractivity contribution in [2.75, 3.05) is 6.61 Å². The van der Waals surface area contributed by atoms with Crippen LogP contribution in [0.5, 0.6) is 5.75 Å². The minimum atomic E-state index is -3.09. The molecule has 4 rings (SSSR count). The van der Waals surface area contributed by atoms with Crippen molar-refractivity contribution in [3.05, 3.63) is 29.1 Å². The fourth-order valence-electron chi connectivity index (χ4n) is 6.78. The van der Waals surface area contributed by atoms with E-state index < -0.39 is 23.2 Å². The van der Waals surface area contributed by atoms with Crippen LogP contribution in [-0.4, -0.2) is 6.61 Å². The van der Waals surface area contributed by atoms with E-state index in [1.807, 2.05) is 0 Å². The number of ether oxygens (including phenoxy) is 1. The van der Waals surface area contributed by atoms with E-state index in [0.29, 0.717) is 17.9 Å². The Morgan fingerprint density at radius 3 is 2.10 bits per heavy atom. The summed E-state index contributed by atoms with van der Waals surface area (Å²) < 4.78 is 50.7. The van der Waals surface area contributed by atoms with Gasteiger partial charge in [0.25, 0.3) is 5.92 Å². The lowest BCUT2D eigenvalue weighted by Crippen LogP contribution is -2.33. The predicted molar refractivity (Wildman–Crippen MR) is 114 cm³/mol. The van der Waals surface area contributed by atoms with E-state index in [1.54, 1.807) is 13.0 Å². The van der Waals surface area contributed by atoms with Gasteiger partial charge in [0.2, 0.25) is 0 Å². The SMILES string of the molecule is CCCC1CCC(C2CCC(C3Cc4ccc(OCC)c(F)c4C3(F)F)CC2)CC1. The molecule has 30 heavy (non-hydrogen) atoms. The van der Waals surface area contributed by atoms with E-state index in [2.05, 4.69) is 6.92 Å². The summed E-state index contributed by atoms with van der Waals surface area (Å²) >= 11 is 0. The highest BCUT2D eigenvalue weighted by molar-refractivity contribution is 5.44. The summed E-state index contributed by atoms with van der Waals surface area (Å²) in [4.78, 5) is 0. The second kappa shape index (κ2) is 9.12. The summed E-state index contributed by atoms with van der Waals surface area (Å²) in [6, 6.07) is 3.17. The van der Waals surface area contributed by atoms with Crippen molar-refractivity contribution in [2.24, 2.45) is 29.6 Å². The first kappa shape index (κ1) is 22.0. The van der Waals surface area contributed by atoms with Gasteiger partial charge in [0, 0.05) is 5.92 Å². The number of hydrogen-bond donors (Lipinski definition) is 0. The lowest BCUT2D eigenvalue weighted by molar-refractivity contribution is -0.0855. The molecule has 168 valence electrons. The highest BCUT2D eigenvalue weighted by Gasteiger charge is 2.54. The van der Waals surface area contributed by atoms with Crippen molar-refractivity contribution in [2.45, 2.75) is 90.4 Å². The molecule has 0 saturated heterocycles. The summed E-state index contributed by atoms with van der Waals surface area (Å²) in [6.07, 6.45) is 12.2. The van der Waals surface area contributed by atoms with Crippen LogP contribution in [-0.2, 0) is 12.3 Å². The Morgan fingerprint density at radius 2 is 1.50 bits per heavy atom. The lowest BCUT2D eigenvalue weighted by Gasteiger charge is -2.40. The largest absolute Gasteiger partial charge is 0.491 e.